The molecule has 1 aliphatic heterocycles. The van der Waals surface area contributed by atoms with E-state index in [9.17, 15) is 17.2 Å². The molecule has 0 radical (unpaired) electrons. The summed E-state index contributed by atoms with van der Waals surface area (Å²) in [5.41, 5.74) is 4.61. The van der Waals surface area contributed by atoms with Crippen molar-refractivity contribution in [2.45, 2.75) is 32.6 Å². The van der Waals surface area contributed by atoms with Gasteiger partial charge in [-0.15, -0.1) is 11.3 Å². The van der Waals surface area contributed by atoms with Gasteiger partial charge in [0.2, 0.25) is 10.0 Å². The van der Waals surface area contributed by atoms with E-state index in [0.29, 0.717) is 42.3 Å². The highest BCUT2D eigenvalue weighted by Crippen LogP contribution is 2.32. The summed E-state index contributed by atoms with van der Waals surface area (Å²) in [6.45, 7) is 9.32. The molecule has 0 spiro atoms. The number of thiazole rings is 1. The Morgan fingerprint density at radius 2 is 1.53 bits per heavy atom. The maximum Gasteiger partial charge on any atom is 0.243 e. The Morgan fingerprint density at radius 1 is 0.906 bits per heavy atom. The number of aryl methyl sites for hydroxylation is 2. The minimum atomic E-state index is -3.61. The fourth-order valence-corrected chi connectivity index (χ4v) is 6.90. The summed E-state index contributed by atoms with van der Waals surface area (Å²) in [7, 11) is -3.61. The zero-order valence-corrected chi connectivity index (χ0v) is 20.1. The number of halogens is 2. The van der Waals surface area contributed by atoms with Gasteiger partial charge in [-0.3, -0.25) is 0 Å². The van der Waals surface area contributed by atoms with Crippen LogP contribution in [0.4, 0.5) is 13.9 Å². The molecule has 1 saturated heterocycles. The van der Waals surface area contributed by atoms with Crippen molar-refractivity contribution in [2.75, 3.05) is 31.1 Å². The molecule has 3 aromatic rings. The van der Waals surface area contributed by atoms with Gasteiger partial charge in [0.25, 0.3) is 0 Å². The lowest BCUT2D eigenvalue weighted by Crippen LogP contribution is -2.49. The van der Waals surface area contributed by atoms with Gasteiger partial charge in [-0.1, -0.05) is 6.07 Å². The predicted molar refractivity (Wildman–Crippen MR) is 124 cm³/mol. The molecule has 2 heterocycles. The van der Waals surface area contributed by atoms with Crippen molar-refractivity contribution >= 4 is 26.5 Å². The van der Waals surface area contributed by atoms with Crippen LogP contribution >= 0.6 is 11.3 Å². The smallest absolute Gasteiger partial charge is 0.243 e. The molecular weight excluding hydrogens is 452 g/mol. The molecule has 32 heavy (non-hydrogen) atoms. The zero-order valence-electron chi connectivity index (χ0n) is 18.4. The zero-order chi connectivity index (χ0) is 23.2. The van der Waals surface area contributed by atoms with Crippen LogP contribution < -0.4 is 4.90 Å². The average molecular weight is 478 g/mol. The third-order valence-electron chi connectivity index (χ3n) is 6.11. The summed E-state index contributed by atoms with van der Waals surface area (Å²) in [4.78, 5) is 7.00. The monoisotopic (exact) mass is 477 g/mol. The quantitative estimate of drug-likeness (QED) is 0.540. The maximum atomic E-state index is 13.6. The Hall–Kier alpha value is -2.36. The second-order valence-corrected chi connectivity index (χ2v) is 10.8. The van der Waals surface area contributed by atoms with E-state index in [1.54, 1.807) is 9.69 Å². The second-order valence-electron chi connectivity index (χ2n) is 8.12. The molecule has 0 aliphatic carbocycles. The molecule has 0 atom stereocenters. The van der Waals surface area contributed by atoms with Crippen LogP contribution in [0, 0.1) is 39.3 Å². The van der Waals surface area contributed by atoms with Gasteiger partial charge in [-0.2, -0.15) is 4.31 Å². The highest BCUT2D eigenvalue weighted by atomic mass is 32.2. The summed E-state index contributed by atoms with van der Waals surface area (Å²) < 4.78 is 55.2. The topological polar surface area (TPSA) is 53.5 Å². The van der Waals surface area contributed by atoms with Gasteiger partial charge in [0.1, 0.15) is 0 Å². The fourth-order valence-electron chi connectivity index (χ4n) is 4.01. The molecule has 5 nitrogen and oxygen atoms in total. The molecule has 170 valence electrons. The lowest BCUT2D eigenvalue weighted by Gasteiger charge is -2.34. The summed E-state index contributed by atoms with van der Waals surface area (Å²) in [5.74, 6) is -1.80. The van der Waals surface area contributed by atoms with E-state index in [4.69, 9.17) is 0 Å². The number of hydrogen-bond acceptors (Lipinski definition) is 5. The Morgan fingerprint density at radius 3 is 2.12 bits per heavy atom. The second kappa shape index (κ2) is 8.53. The SMILES string of the molecule is Cc1cc(C)c(C)c(S(=O)(=O)N2CCN(c3nc(-c4ccc(F)c(F)c4)cs3)CC2)c1C. The van der Waals surface area contributed by atoms with E-state index >= 15 is 0 Å². The number of piperazine rings is 1. The summed E-state index contributed by atoms with van der Waals surface area (Å²) in [6.07, 6.45) is 0. The minimum absolute atomic E-state index is 0.355. The molecule has 1 aliphatic rings. The van der Waals surface area contributed by atoms with Crippen molar-refractivity contribution in [2.24, 2.45) is 0 Å². The fraction of sp³-hybridized carbons (Fsp3) is 0.348. The van der Waals surface area contributed by atoms with E-state index < -0.39 is 21.7 Å². The van der Waals surface area contributed by atoms with Crippen LogP contribution in [0.15, 0.2) is 34.5 Å². The van der Waals surface area contributed by atoms with Crippen molar-refractivity contribution in [3.63, 3.8) is 0 Å². The molecule has 4 rings (SSSR count). The Balaban J connectivity index is 1.52. The summed E-state index contributed by atoms with van der Waals surface area (Å²) >= 11 is 1.41. The molecule has 0 N–H and O–H groups in total. The maximum absolute atomic E-state index is 13.6. The molecule has 9 heteroatoms. The Labute approximate surface area is 191 Å². The van der Waals surface area contributed by atoms with Gasteiger partial charge in [0.05, 0.1) is 10.6 Å². The molecule has 0 amide bonds. The average Bonchev–Trinajstić information content (AvgIpc) is 3.25. The number of aromatic nitrogens is 1. The minimum Gasteiger partial charge on any atom is -0.345 e. The van der Waals surface area contributed by atoms with E-state index in [-0.39, 0.29) is 0 Å². The normalized spacial score (nSPS) is 15.4. The Bertz CT molecular complexity index is 1250. The van der Waals surface area contributed by atoms with Crippen molar-refractivity contribution in [1.82, 2.24) is 9.29 Å². The van der Waals surface area contributed by atoms with Crippen molar-refractivity contribution < 1.29 is 17.2 Å². The lowest BCUT2D eigenvalue weighted by molar-refractivity contribution is 0.384. The van der Waals surface area contributed by atoms with Gasteiger partial charge in [-0.05, 0) is 68.1 Å². The van der Waals surface area contributed by atoms with Gasteiger partial charge >= 0.3 is 0 Å². The number of rotatable bonds is 4. The Kier molecular flexibility index (Phi) is 6.08. The van der Waals surface area contributed by atoms with E-state index in [2.05, 4.69) is 4.98 Å². The van der Waals surface area contributed by atoms with Crippen molar-refractivity contribution in [1.29, 1.82) is 0 Å². The lowest BCUT2D eigenvalue weighted by atomic mass is 10.0. The van der Waals surface area contributed by atoms with Crippen molar-refractivity contribution in [3.05, 3.63) is 63.5 Å². The highest BCUT2D eigenvalue weighted by molar-refractivity contribution is 7.89. The van der Waals surface area contributed by atoms with Crippen LogP contribution in [0.2, 0.25) is 0 Å². The number of benzene rings is 2. The molecule has 2 aromatic carbocycles. The van der Waals surface area contributed by atoms with E-state index in [1.807, 2.05) is 38.7 Å². The largest absolute Gasteiger partial charge is 0.345 e. The first-order valence-electron chi connectivity index (χ1n) is 10.3. The molecule has 0 unspecified atom stereocenters. The highest BCUT2D eigenvalue weighted by Gasteiger charge is 2.32. The molecule has 0 bridgehead atoms. The van der Waals surface area contributed by atoms with Crippen LogP contribution in [0.1, 0.15) is 22.3 Å². The number of hydrogen-bond donors (Lipinski definition) is 0. The van der Waals surface area contributed by atoms with Gasteiger partial charge in [0.15, 0.2) is 16.8 Å². The third-order valence-corrected chi connectivity index (χ3v) is 9.19. The first-order valence-corrected chi connectivity index (χ1v) is 12.6. The van der Waals surface area contributed by atoms with Gasteiger partial charge in [0, 0.05) is 37.1 Å². The van der Waals surface area contributed by atoms with Crippen LogP contribution in [0.5, 0.6) is 0 Å². The van der Waals surface area contributed by atoms with Crippen LogP contribution in [-0.2, 0) is 10.0 Å². The van der Waals surface area contributed by atoms with Crippen molar-refractivity contribution in [3.8, 4) is 11.3 Å². The van der Waals surface area contributed by atoms with Gasteiger partial charge in [-0.25, -0.2) is 22.2 Å². The standard InChI is InChI=1S/C23H25F2N3O2S2/c1-14-11-15(2)17(4)22(16(14)3)32(29,30)28-9-7-27(8-10-28)23-26-21(13-31-23)18-5-6-19(24)20(25)12-18/h5-6,11-13H,7-10H2,1-4H3. The molecule has 1 fully saturated rings. The first kappa shape index (κ1) is 22.8. The number of nitrogens with zero attached hydrogens (tertiary/aromatic N) is 3. The van der Waals surface area contributed by atoms with E-state index in [1.165, 1.54) is 17.4 Å². The van der Waals surface area contributed by atoms with Crippen LogP contribution in [-0.4, -0.2) is 43.9 Å². The predicted octanol–water partition coefficient (Wildman–Crippen LogP) is 4.83. The van der Waals surface area contributed by atoms with Crippen LogP contribution in [0.25, 0.3) is 11.3 Å². The molecule has 1 aromatic heterocycles. The number of anilines is 1. The molecule has 0 saturated carbocycles. The molecular formula is C23H25F2N3O2S2. The first-order chi connectivity index (χ1) is 15.1. The summed E-state index contributed by atoms with van der Waals surface area (Å²) in [6, 6.07) is 5.74. The van der Waals surface area contributed by atoms with Crippen LogP contribution in [0.3, 0.4) is 0 Å². The number of sulfonamides is 1. The van der Waals surface area contributed by atoms with E-state index in [0.717, 1.165) is 39.5 Å². The summed E-state index contributed by atoms with van der Waals surface area (Å²) in [5, 5.41) is 2.54. The van der Waals surface area contributed by atoms with Gasteiger partial charge < -0.3 is 4.90 Å². The third kappa shape index (κ3) is 4.04.